The number of carbonyl (C=O) groups is 1. The molecule has 0 bridgehead atoms. The van der Waals surface area contributed by atoms with Gasteiger partial charge < -0.3 is 15.0 Å². The number of carbonyl (C=O) groups excluding carboxylic acids is 1. The highest BCUT2D eigenvalue weighted by molar-refractivity contribution is 5.73. The van der Waals surface area contributed by atoms with E-state index < -0.39 is 0 Å². The zero-order valence-electron chi connectivity index (χ0n) is 12.8. The molecule has 0 saturated carbocycles. The molecule has 114 valence electrons. The standard InChI is InChI=1S/C15H22N4O2/c1-11(21-15(2,3)4)18-13-5-6-19(9-13)14-16-7-12(10-20)8-17-14/h7-8,10,13,18H,1,5-6,9H2,2-4H3. The monoisotopic (exact) mass is 290 g/mol. The predicted molar refractivity (Wildman–Crippen MR) is 81.2 cm³/mol. The Kier molecular flexibility index (Phi) is 4.45. The van der Waals surface area contributed by atoms with E-state index in [1.165, 1.54) is 12.4 Å². The van der Waals surface area contributed by atoms with E-state index >= 15 is 0 Å². The van der Waals surface area contributed by atoms with Gasteiger partial charge in [-0.05, 0) is 33.8 Å². The van der Waals surface area contributed by atoms with Crippen molar-refractivity contribution in [1.82, 2.24) is 15.3 Å². The number of ether oxygens (including phenoxy) is 1. The molecule has 2 heterocycles. The van der Waals surface area contributed by atoms with Gasteiger partial charge >= 0.3 is 0 Å². The summed E-state index contributed by atoms with van der Waals surface area (Å²) in [6, 6.07) is 0.259. The van der Waals surface area contributed by atoms with Gasteiger partial charge in [-0.2, -0.15) is 0 Å². The van der Waals surface area contributed by atoms with Crippen molar-refractivity contribution >= 4 is 12.2 Å². The molecule has 1 unspecified atom stereocenters. The summed E-state index contributed by atoms with van der Waals surface area (Å²) in [4.78, 5) is 21.1. The number of nitrogens with one attached hydrogen (secondary N) is 1. The van der Waals surface area contributed by atoms with Crippen LogP contribution in [0.15, 0.2) is 24.9 Å². The van der Waals surface area contributed by atoms with Crippen molar-refractivity contribution in [1.29, 1.82) is 0 Å². The van der Waals surface area contributed by atoms with Gasteiger partial charge in [0.1, 0.15) is 5.60 Å². The Morgan fingerprint density at radius 1 is 1.48 bits per heavy atom. The lowest BCUT2D eigenvalue weighted by Gasteiger charge is -2.25. The highest BCUT2D eigenvalue weighted by atomic mass is 16.5. The van der Waals surface area contributed by atoms with Crippen molar-refractivity contribution in [3.8, 4) is 0 Å². The summed E-state index contributed by atoms with van der Waals surface area (Å²) >= 11 is 0. The summed E-state index contributed by atoms with van der Waals surface area (Å²) in [6.45, 7) is 11.5. The Bertz CT molecular complexity index is 507. The molecule has 0 radical (unpaired) electrons. The van der Waals surface area contributed by atoms with Gasteiger partial charge in [0.2, 0.25) is 5.95 Å². The second kappa shape index (κ2) is 6.11. The molecule has 6 heteroatoms. The smallest absolute Gasteiger partial charge is 0.225 e. The van der Waals surface area contributed by atoms with E-state index in [9.17, 15) is 4.79 Å². The van der Waals surface area contributed by atoms with E-state index in [0.29, 0.717) is 17.4 Å². The topological polar surface area (TPSA) is 67.4 Å². The third-order valence-electron chi connectivity index (χ3n) is 3.06. The zero-order valence-corrected chi connectivity index (χ0v) is 12.8. The first kappa shape index (κ1) is 15.3. The van der Waals surface area contributed by atoms with Crippen LogP contribution in [0.5, 0.6) is 0 Å². The largest absolute Gasteiger partial charge is 0.474 e. The molecule has 0 aromatic carbocycles. The summed E-state index contributed by atoms with van der Waals surface area (Å²) in [5.74, 6) is 1.24. The Morgan fingerprint density at radius 2 is 2.14 bits per heavy atom. The Labute approximate surface area is 125 Å². The predicted octanol–water partition coefficient (Wildman–Crippen LogP) is 1.74. The number of aromatic nitrogens is 2. The number of aldehydes is 1. The summed E-state index contributed by atoms with van der Waals surface area (Å²) in [6.07, 6.45) is 4.78. The third-order valence-corrected chi connectivity index (χ3v) is 3.06. The molecule has 1 fully saturated rings. The van der Waals surface area contributed by atoms with E-state index in [4.69, 9.17) is 4.74 Å². The summed E-state index contributed by atoms with van der Waals surface area (Å²) < 4.78 is 5.68. The lowest BCUT2D eigenvalue weighted by atomic mass is 10.2. The number of nitrogens with zero attached hydrogens (tertiary/aromatic N) is 3. The molecule has 0 amide bonds. The molecule has 1 N–H and O–H groups in total. The van der Waals surface area contributed by atoms with Crippen LogP contribution in [0.25, 0.3) is 0 Å². The Balaban J connectivity index is 1.88. The van der Waals surface area contributed by atoms with Crippen molar-refractivity contribution in [2.45, 2.75) is 38.8 Å². The number of rotatable bonds is 5. The van der Waals surface area contributed by atoms with E-state index in [1.807, 2.05) is 20.8 Å². The first-order chi connectivity index (χ1) is 9.87. The maximum atomic E-state index is 10.6. The van der Waals surface area contributed by atoms with Gasteiger partial charge in [-0.15, -0.1) is 0 Å². The summed E-state index contributed by atoms with van der Waals surface area (Å²) in [5, 5.41) is 3.29. The minimum Gasteiger partial charge on any atom is -0.474 e. The normalized spacial score (nSPS) is 18.4. The van der Waals surface area contributed by atoms with Crippen molar-refractivity contribution in [3.05, 3.63) is 30.4 Å². The fraction of sp³-hybridized carbons (Fsp3) is 0.533. The lowest BCUT2D eigenvalue weighted by molar-refractivity contribution is 0.0390. The van der Waals surface area contributed by atoms with Crippen LogP contribution in [0.2, 0.25) is 0 Å². The quantitative estimate of drug-likeness (QED) is 0.658. The molecule has 1 aromatic heterocycles. The summed E-state index contributed by atoms with van der Waals surface area (Å²) in [5.41, 5.74) is 0.232. The van der Waals surface area contributed by atoms with Gasteiger partial charge in [0.25, 0.3) is 0 Å². The van der Waals surface area contributed by atoms with Gasteiger partial charge in [-0.25, -0.2) is 9.97 Å². The first-order valence-corrected chi connectivity index (χ1v) is 7.04. The van der Waals surface area contributed by atoms with E-state index in [0.717, 1.165) is 25.8 Å². The van der Waals surface area contributed by atoms with Gasteiger partial charge in [-0.3, -0.25) is 4.79 Å². The average Bonchev–Trinajstić information content (AvgIpc) is 2.85. The molecule has 1 aromatic rings. The molecule has 1 aliphatic heterocycles. The number of hydrogen-bond acceptors (Lipinski definition) is 6. The van der Waals surface area contributed by atoms with Gasteiger partial charge in [-0.1, -0.05) is 0 Å². The minimum atomic E-state index is -0.254. The van der Waals surface area contributed by atoms with Crippen molar-refractivity contribution in [2.75, 3.05) is 18.0 Å². The van der Waals surface area contributed by atoms with Crippen LogP contribution in [0.4, 0.5) is 5.95 Å². The Morgan fingerprint density at radius 3 is 2.71 bits per heavy atom. The van der Waals surface area contributed by atoms with Crippen molar-refractivity contribution in [2.24, 2.45) is 0 Å². The van der Waals surface area contributed by atoms with Crippen LogP contribution in [-0.4, -0.2) is 41.0 Å². The molecule has 6 nitrogen and oxygen atoms in total. The van der Waals surface area contributed by atoms with Crippen LogP contribution in [0, 0.1) is 0 Å². The van der Waals surface area contributed by atoms with E-state index in [2.05, 4.69) is 26.8 Å². The van der Waals surface area contributed by atoms with Gasteiger partial charge in [0, 0.05) is 31.5 Å². The minimum absolute atomic E-state index is 0.254. The fourth-order valence-electron chi connectivity index (χ4n) is 2.24. The molecular weight excluding hydrogens is 268 g/mol. The Hall–Kier alpha value is -2.11. The fourth-order valence-corrected chi connectivity index (χ4v) is 2.24. The summed E-state index contributed by atoms with van der Waals surface area (Å²) in [7, 11) is 0. The second-order valence-electron chi connectivity index (χ2n) is 6.15. The molecule has 1 aliphatic rings. The third kappa shape index (κ3) is 4.44. The maximum Gasteiger partial charge on any atom is 0.225 e. The van der Waals surface area contributed by atoms with Crippen LogP contribution in [0.1, 0.15) is 37.6 Å². The van der Waals surface area contributed by atoms with Gasteiger partial charge in [0.15, 0.2) is 12.2 Å². The van der Waals surface area contributed by atoms with Crippen LogP contribution < -0.4 is 10.2 Å². The van der Waals surface area contributed by atoms with Crippen LogP contribution >= 0.6 is 0 Å². The molecule has 0 aliphatic carbocycles. The second-order valence-corrected chi connectivity index (χ2v) is 6.15. The number of anilines is 1. The molecular formula is C15H22N4O2. The van der Waals surface area contributed by atoms with Gasteiger partial charge in [0.05, 0.1) is 5.56 Å². The molecule has 0 spiro atoms. The van der Waals surface area contributed by atoms with Crippen LogP contribution in [-0.2, 0) is 4.74 Å². The highest BCUT2D eigenvalue weighted by Gasteiger charge is 2.25. The van der Waals surface area contributed by atoms with E-state index in [-0.39, 0.29) is 11.6 Å². The SMILES string of the molecule is C=C(NC1CCN(c2ncc(C=O)cn2)C1)OC(C)(C)C. The van der Waals surface area contributed by atoms with E-state index in [1.54, 1.807) is 0 Å². The first-order valence-electron chi connectivity index (χ1n) is 7.04. The lowest BCUT2D eigenvalue weighted by Crippen LogP contribution is -2.35. The highest BCUT2D eigenvalue weighted by Crippen LogP contribution is 2.18. The number of hydrogen-bond donors (Lipinski definition) is 1. The van der Waals surface area contributed by atoms with Crippen molar-refractivity contribution in [3.63, 3.8) is 0 Å². The molecule has 21 heavy (non-hydrogen) atoms. The van der Waals surface area contributed by atoms with Crippen molar-refractivity contribution < 1.29 is 9.53 Å². The molecule has 1 atom stereocenters. The molecule has 2 rings (SSSR count). The molecule has 1 saturated heterocycles. The average molecular weight is 290 g/mol. The van der Waals surface area contributed by atoms with Crippen LogP contribution in [0.3, 0.4) is 0 Å². The maximum absolute atomic E-state index is 10.6. The zero-order chi connectivity index (χ0) is 15.5.